The Hall–Kier alpha value is -2.21. The van der Waals surface area contributed by atoms with E-state index < -0.39 is 5.60 Å². The Morgan fingerprint density at radius 1 is 1.23 bits per heavy atom. The zero-order valence-electron chi connectivity index (χ0n) is 18.9. The number of nitrogens with zero attached hydrogens (tertiary/aromatic N) is 2. The molecule has 1 N–H and O–H groups in total. The second-order valence-corrected chi connectivity index (χ2v) is 8.92. The standard InChI is InChI=1S/C23H34ClN3O3/c1-7-16(2)20(17-8-10-18(24)11-9-17)29-21(25-6)27-14-12-19(13-15-27)26-22(28)30-23(3,4)5/h8-11,19H,7,12-15H2,1-6H3,(H,26,28)/b20-16-,25-21?. The third-order valence-corrected chi connectivity index (χ3v) is 5.15. The van der Waals surface area contributed by atoms with Gasteiger partial charge >= 0.3 is 6.09 Å². The first-order valence-corrected chi connectivity index (χ1v) is 10.9. The van der Waals surface area contributed by atoms with Crippen molar-refractivity contribution in [3.05, 3.63) is 40.4 Å². The lowest BCUT2D eigenvalue weighted by Crippen LogP contribution is -2.48. The number of amidine groups is 1. The minimum Gasteiger partial charge on any atom is -0.444 e. The third kappa shape index (κ3) is 7.24. The molecule has 0 saturated carbocycles. The minimum absolute atomic E-state index is 0.0814. The summed E-state index contributed by atoms with van der Waals surface area (Å²) in [5.41, 5.74) is 1.61. The molecule has 1 fully saturated rings. The quantitative estimate of drug-likeness (QED) is 0.386. The van der Waals surface area contributed by atoms with Crippen LogP contribution in [0.15, 0.2) is 34.8 Å². The van der Waals surface area contributed by atoms with Crippen LogP contribution in [0.25, 0.3) is 5.76 Å². The number of hydrogen-bond donors (Lipinski definition) is 1. The first-order chi connectivity index (χ1) is 14.1. The molecule has 1 aliphatic rings. The second kappa shape index (κ2) is 10.7. The SMILES string of the molecule is CC/C(C)=C(\OC(=NC)N1CCC(NC(=O)OC(C)(C)C)CC1)c1ccc(Cl)cc1. The number of carbonyl (C=O) groups is 1. The fourth-order valence-electron chi connectivity index (χ4n) is 3.19. The number of carbonyl (C=O) groups excluding carboxylic acids is 1. The van der Waals surface area contributed by atoms with Gasteiger partial charge < -0.3 is 19.7 Å². The minimum atomic E-state index is -0.498. The Balaban J connectivity index is 2.01. The van der Waals surface area contributed by atoms with Crippen LogP contribution in [0.1, 0.15) is 59.4 Å². The molecule has 0 radical (unpaired) electrons. The van der Waals surface area contributed by atoms with Crippen molar-refractivity contribution in [3.8, 4) is 0 Å². The summed E-state index contributed by atoms with van der Waals surface area (Å²) in [7, 11) is 1.74. The average molecular weight is 436 g/mol. The number of likely N-dealkylation sites (tertiary alicyclic amines) is 1. The molecule has 1 heterocycles. The number of benzene rings is 1. The molecule has 0 atom stereocenters. The van der Waals surface area contributed by atoms with Gasteiger partial charge in [-0.2, -0.15) is 0 Å². The van der Waals surface area contributed by atoms with Gasteiger partial charge in [0.15, 0.2) is 0 Å². The highest BCUT2D eigenvalue weighted by atomic mass is 35.5. The molecule has 0 spiro atoms. The summed E-state index contributed by atoms with van der Waals surface area (Å²) in [5, 5.41) is 3.65. The predicted molar refractivity (Wildman–Crippen MR) is 123 cm³/mol. The number of hydrogen-bond acceptors (Lipinski definition) is 4. The van der Waals surface area contributed by atoms with Crippen molar-refractivity contribution in [2.75, 3.05) is 20.1 Å². The van der Waals surface area contributed by atoms with E-state index in [4.69, 9.17) is 21.1 Å². The Bertz CT molecular complexity index is 774. The number of allylic oxidation sites excluding steroid dienone is 1. The van der Waals surface area contributed by atoms with Crippen LogP contribution in [-0.4, -0.2) is 48.8 Å². The predicted octanol–water partition coefficient (Wildman–Crippen LogP) is 5.47. The van der Waals surface area contributed by atoms with Crippen LogP contribution in [0.3, 0.4) is 0 Å². The zero-order valence-corrected chi connectivity index (χ0v) is 19.7. The highest BCUT2D eigenvalue weighted by molar-refractivity contribution is 6.30. The molecule has 7 heteroatoms. The van der Waals surface area contributed by atoms with Gasteiger partial charge in [0.2, 0.25) is 0 Å². The van der Waals surface area contributed by atoms with Crippen molar-refractivity contribution in [3.63, 3.8) is 0 Å². The van der Waals surface area contributed by atoms with Gasteiger partial charge in [-0.1, -0.05) is 18.5 Å². The van der Waals surface area contributed by atoms with Gasteiger partial charge in [0.25, 0.3) is 6.02 Å². The number of halogens is 1. The molecule has 0 bridgehead atoms. The summed E-state index contributed by atoms with van der Waals surface area (Å²) in [4.78, 5) is 18.5. The Kier molecular flexibility index (Phi) is 8.59. The number of aliphatic imine (C=N–C) groups is 1. The van der Waals surface area contributed by atoms with Crippen molar-refractivity contribution < 1.29 is 14.3 Å². The van der Waals surface area contributed by atoms with Crippen molar-refractivity contribution in [2.45, 2.75) is 65.5 Å². The summed E-state index contributed by atoms with van der Waals surface area (Å²) in [6, 6.07) is 8.31. The highest BCUT2D eigenvalue weighted by Gasteiger charge is 2.26. The highest BCUT2D eigenvalue weighted by Crippen LogP contribution is 2.25. The summed E-state index contributed by atoms with van der Waals surface area (Å²) in [6.45, 7) is 11.2. The summed E-state index contributed by atoms with van der Waals surface area (Å²) < 4.78 is 11.7. The number of piperidine rings is 1. The number of ether oxygens (including phenoxy) is 2. The Labute approximate surface area is 185 Å². The number of amides is 1. The summed E-state index contributed by atoms with van der Waals surface area (Å²) in [6.07, 6.45) is 2.10. The smallest absolute Gasteiger partial charge is 0.407 e. The van der Waals surface area contributed by atoms with Crippen LogP contribution in [0.4, 0.5) is 4.79 Å². The van der Waals surface area contributed by atoms with Crippen LogP contribution in [0, 0.1) is 0 Å². The monoisotopic (exact) mass is 435 g/mol. The molecule has 6 nitrogen and oxygen atoms in total. The van der Waals surface area contributed by atoms with Crippen LogP contribution >= 0.6 is 11.6 Å². The third-order valence-electron chi connectivity index (χ3n) is 4.90. The summed E-state index contributed by atoms with van der Waals surface area (Å²) in [5.74, 6) is 0.809. The maximum Gasteiger partial charge on any atom is 0.407 e. The van der Waals surface area contributed by atoms with Crippen LogP contribution in [0.5, 0.6) is 0 Å². The maximum absolute atomic E-state index is 12.0. The van der Waals surface area contributed by atoms with E-state index in [-0.39, 0.29) is 12.1 Å². The molecule has 1 aromatic carbocycles. The van der Waals surface area contributed by atoms with Crippen molar-refractivity contribution in [2.24, 2.45) is 4.99 Å². The lowest BCUT2D eigenvalue weighted by atomic mass is 10.1. The van der Waals surface area contributed by atoms with Gasteiger partial charge in [-0.15, -0.1) is 0 Å². The van der Waals surface area contributed by atoms with Gasteiger partial charge in [-0.25, -0.2) is 9.79 Å². The zero-order chi connectivity index (χ0) is 22.3. The molecular weight excluding hydrogens is 402 g/mol. The van der Waals surface area contributed by atoms with Crippen molar-refractivity contribution in [1.82, 2.24) is 10.2 Å². The molecule has 166 valence electrons. The van der Waals surface area contributed by atoms with Gasteiger partial charge in [-0.3, -0.25) is 0 Å². The molecule has 1 aliphatic heterocycles. The van der Waals surface area contributed by atoms with Gasteiger partial charge in [0, 0.05) is 36.8 Å². The molecule has 0 unspecified atom stereocenters. The number of alkyl carbamates (subject to hydrolysis) is 1. The summed E-state index contributed by atoms with van der Waals surface area (Å²) >= 11 is 6.04. The fraction of sp³-hybridized carbons (Fsp3) is 0.565. The van der Waals surface area contributed by atoms with Gasteiger partial charge in [-0.05, 0) is 76.8 Å². The van der Waals surface area contributed by atoms with E-state index >= 15 is 0 Å². The van der Waals surface area contributed by atoms with E-state index in [0.29, 0.717) is 11.0 Å². The van der Waals surface area contributed by atoms with Crippen LogP contribution in [0.2, 0.25) is 5.02 Å². The van der Waals surface area contributed by atoms with E-state index in [0.717, 1.165) is 49.2 Å². The van der Waals surface area contributed by atoms with Gasteiger partial charge in [0.05, 0.1) is 0 Å². The van der Waals surface area contributed by atoms with Gasteiger partial charge in [0.1, 0.15) is 11.4 Å². The first kappa shape index (κ1) is 24.1. The molecule has 1 aromatic rings. The topological polar surface area (TPSA) is 63.2 Å². The maximum atomic E-state index is 12.0. The van der Waals surface area contributed by atoms with Crippen molar-refractivity contribution in [1.29, 1.82) is 0 Å². The molecule has 0 aromatic heterocycles. The molecule has 1 amide bonds. The van der Waals surface area contributed by atoms with E-state index in [1.165, 1.54) is 0 Å². The molecule has 1 saturated heterocycles. The van der Waals surface area contributed by atoms with E-state index in [1.807, 2.05) is 45.0 Å². The second-order valence-electron chi connectivity index (χ2n) is 8.49. The first-order valence-electron chi connectivity index (χ1n) is 10.5. The Morgan fingerprint density at radius 3 is 2.33 bits per heavy atom. The van der Waals surface area contributed by atoms with Crippen LogP contribution < -0.4 is 5.32 Å². The average Bonchev–Trinajstić information content (AvgIpc) is 2.68. The largest absolute Gasteiger partial charge is 0.444 e. The normalized spacial score (nSPS) is 16.8. The van der Waals surface area contributed by atoms with E-state index in [9.17, 15) is 4.79 Å². The lowest BCUT2D eigenvalue weighted by molar-refractivity contribution is 0.0486. The Morgan fingerprint density at radius 2 is 1.83 bits per heavy atom. The van der Waals surface area contributed by atoms with Crippen molar-refractivity contribution >= 4 is 29.5 Å². The van der Waals surface area contributed by atoms with E-state index in [1.54, 1.807) is 7.05 Å². The molecule has 0 aliphatic carbocycles. The number of nitrogens with one attached hydrogen (secondary N) is 1. The molecule has 30 heavy (non-hydrogen) atoms. The number of rotatable bonds is 4. The fourth-order valence-corrected chi connectivity index (χ4v) is 3.31. The van der Waals surface area contributed by atoms with Crippen LogP contribution in [-0.2, 0) is 9.47 Å². The van der Waals surface area contributed by atoms with E-state index in [2.05, 4.69) is 29.1 Å². The molecular formula is C23H34ClN3O3. The lowest BCUT2D eigenvalue weighted by Gasteiger charge is -2.34. The molecule has 2 rings (SSSR count).